The van der Waals surface area contributed by atoms with Gasteiger partial charge >= 0.3 is 0 Å². The normalized spacial score (nSPS) is 17.0. The van der Waals surface area contributed by atoms with Crippen molar-refractivity contribution >= 4 is 40.0 Å². The van der Waals surface area contributed by atoms with E-state index < -0.39 is 0 Å². The molecule has 4 N–H and O–H groups in total. The lowest BCUT2D eigenvalue weighted by Gasteiger charge is -2.40. The van der Waals surface area contributed by atoms with Gasteiger partial charge in [0.25, 0.3) is 5.91 Å². The van der Waals surface area contributed by atoms with Crippen molar-refractivity contribution in [2.75, 3.05) is 30.9 Å². The summed E-state index contributed by atoms with van der Waals surface area (Å²) in [7, 11) is 1.76. The predicted octanol–water partition coefficient (Wildman–Crippen LogP) is 1.78. The van der Waals surface area contributed by atoms with Crippen LogP contribution in [0.4, 0.5) is 10.9 Å². The Bertz CT molecular complexity index is 437. The van der Waals surface area contributed by atoms with Gasteiger partial charge in [-0.25, -0.2) is 4.98 Å². The first-order chi connectivity index (χ1) is 8.60. The second kappa shape index (κ2) is 5.36. The van der Waals surface area contributed by atoms with Crippen LogP contribution in [0.1, 0.15) is 28.9 Å². The minimum atomic E-state index is -0.119. The minimum absolute atomic E-state index is 0.119. The van der Waals surface area contributed by atoms with E-state index in [0.717, 1.165) is 0 Å². The second-order valence-electron chi connectivity index (χ2n) is 4.41. The molecule has 0 unspecified atom stereocenters. The highest BCUT2D eigenvalue weighted by atomic mass is 32.2. The molecule has 5 nitrogen and oxygen atoms in total. The van der Waals surface area contributed by atoms with Gasteiger partial charge in [-0.15, -0.1) is 0 Å². The maximum Gasteiger partial charge on any atom is 0.265 e. The average molecular weight is 286 g/mol. The first kappa shape index (κ1) is 13.5. The van der Waals surface area contributed by atoms with Gasteiger partial charge in [-0.3, -0.25) is 4.79 Å². The van der Waals surface area contributed by atoms with E-state index in [1.807, 2.05) is 11.8 Å². The Morgan fingerprint density at radius 3 is 2.78 bits per heavy atom. The van der Waals surface area contributed by atoms with Crippen molar-refractivity contribution in [1.82, 2.24) is 10.3 Å². The molecular weight excluding hydrogens is 268 g/mol. The van der Waals surface area contributed by atoms with Crippen LogP contribution in [-0.2, 0) is 0 Å². The fraction of sp³-hybridized carbons (Fsp3) is 0.636. The number of anilines is 2. The number of nitrogen functional groups attached to an aromatic ring is 1. The molecule has 0 saturated heterocycles. The number of amides is 1. The third-order valence-corrected chi connectivity index (χ3v) is 5.85. The molecular formula is C11H18N4OS2. The van der Waals surface area contributed by atoms with Gasteiger partial charge in [0.1, 0.15) is 10.7 Å². The summed E-state index contributed by atoms with van der Waals surface area (Å²) >= 11 is 3.12. The summed E-state index contributed by atoms with van der Waals surface area (Å²) in [6.45, 7) is 0.708. The average Bonchev–Trinajstić information content (AvgIpc) is 2.69. The molecule has 1 aromatic rings. The van der Waals surface area contributed by atoms with Crippen LogP contribution in [0.15, 0.2) is 0 Å². The smallest absolute Gasteiger partial charge is 0.265 e. The van der Waals surface area contributed by atoms with Gasteiger partial charge < -0.3 is 16.4 Å². The Kier molecular flexibility index (Phi) is 4.01. The number of aromatic nitrogens is 1. The first-order valence-electron chi connectivity index (χ1n) is 5.87. The van der Waals surface area contributed by atoms with E-state index in [1.54, 1.807) is 7.05 Å². The molecule has 1 aliphatic carbocycles. The molecule has 0 atom stereocenters. The Hall–Kier alpha value is -0.950. The number of nitrogens with zero attached hydrogens (tertiary/aromatic N) is 1. The highest BCUT2D eigenvalue weighted by Gasteiger charge is 2.36. The monoisotopic (exact) mass is 286 g/mol. The van der Waals surface area contributed by atoms with Crippen molar-refractivity contribution in [3.63, 3.8) is 0 Å². The molecule has 1 saturated carbocycles. The van der Waals surface area contributed by atoms with Crippen molar-refractivity contribution < 1.29 is 4.79 Å². The van der Waals surface area contributed by atoms with E-state index in [2.05, 4.69) is 21.9 Å². The number of thioether (sulfide) groups is 1. The van der Waals surface area contributed by atoms with Gasteiger partial charge in [-0.1, -0.05) is 17.8 Å². The largest absolute Gasteiger partial charge is 0.382 e. The van der Waals surface area contributed by atoms with E-state index in [0.29, 0.717) is 22.4 Å². The van der Waals surface area contributed by atoms with E-state index in [1.165, 1.54) is 30.6 Å². The number of nitrogens with two attached hydrogens (primary N) is 1. The topological polar surface area (TPSA) is 80.0 Å². The van der Waals surface area contributed by atoms with Crippen molar-refractivity contribution in [2.45, 2.75) is 24.0 Å². The van der Waals surface area contributed by atoms with Gasteiger partial charge in [-0.05, 0) is 19.1 Å². The summed E-state index contributed by atoms with van der Waals surface area (Å²) in [6, 6.07) is 0. The van der Waals surface area contributed by atoms with Gasteiger partial charge in [-0.2, -0.15) is 11.8 Å². The Balaban J connectivity index is 1.97. The van der Waals surface area contributed by atoms with Gasteiger partial charge in [0.2, 0.25) is 0 Å². The third-order valence-electron chi connectivity index (χ3n) is 3.34. The van der Waals surface area contributed by atoms with E-state index in [4.69, 9.17) is 5.73 Å². The Morgan fingerprint density at radius 1 is 1.61 bits per heavy atom. The molecule has 7 heteroatoms. The standard InChI is InChI=1S/C11H18N4OS2/c1-13-10-15-8(12)7(18-10)9(16)14-6-11(17-2)4-3-5-11/h3-6,12H2,1-2H3,(H,13,15)(H,14,16). The molecule has 1 heterocycles. The molecule has 1 aliphatic rings. The van der Waals surface area contributed by atoms with Crippen LogP contribution in [-0.4, -0.2) is 35.5 Å². The van der Waals surface area contributed by atoms with Gasteiger partial charge in [0.05, 0.1) is 0 Å². The molecule has 0 aliphatic heterocycles. The predicted molar refractivity (Wildman–Crippen MR) is 78.5 cm³/mol. The lowest BCUT2D eigenvalue weighted by atomic mass is 9.84. The van der Waals surface area contributed by atoms with E-state index >= 15 is 0 Å². The molecule has 18 heavy (non-hydrogen) atoms. The van der Waals surface area contributed by atoms with E-state index in [-0.39, 0.29) is 10.7 Å². The molecule has 0 aromatic carbocycles. The third kappa shape index (κ3) is 2.56. The molecule has 0 bridgehead atoms. The number of thiazole rings is 1. The number of carbonyl (C=O) groups is 1. The summed E-state index contributed by atoms with van der Waals surface area (Å²) in [4.78, 5) is 16.6. The molecule has 1 aromatic heterocycles. The van der Waals surface area contributed by atoms with Crippen LogP contribution < -0.4 is 16.4 Å². The van der Waals surface area contributed by atoms with Crippen molar-refractivity contribution in [3.8, 4) is 0 Å². The lowest BCUT2D eigenvalue weighted by Crippen LogP contribution is -2.45. The maximum absolute atomic E-state index is 12.0. The summed E-state index contributed by atoms with van der Waals surface area (Å²) in [6.07, 6.45) is 5.71. The summed E-state index contributed by atoms with van der Waals surface area (Å²) in [5, 5.41) is 6.53. The van der Waals surface area contributed by atoms with Crippen LogP contribution in [0, 0.1) is 0 Å². The highest BCUT2D eigenvalue weighted by molar-refractivity contribution is 8.00. The summed E-state index contributed by atoms with van der Waals surface area (Å²) in [5.41, 5.74) is 5.73. The van der Waals surface area contributed by atoms with Crippen molar-refractivity contribution in [1.29, 1.82) is 0 Å². The Labute approximate surface area is 115 Å². The lowest BCUT2D eigenvalue weighted by molar-refractivity contribution is 0.0948. The molecule has 1 amide bonds. The molecule has 1 fully saturated rings. The fourth-order valence-corrected chi connectivity index (χ4v) is 3.62. The quantitative estimate of drug-likeness (QED) is 0.769. The van der Waals surface area contributed by atoms with Gasteiger partial charge in [0, 0.05) is 18.3 Å². The zero-order chi connectivity index (χ0) is 13.2. The summed E-state index contributed by atoms with van der Waals surface area (Å²) in [5.74, 6) is 0.181. The zero-order valence-electron chi connectivity index (χ0n) is 10.6. The molecule has 0 spiro atoms. The molecule has 100 valence electrons. The molecule has 2 rings (SSSR count). The SMILES string of the molecule is CNc1nc(N)c(C(=O)NCC2(SC)CCC2)s1. The maximum atomic E-state index is 12.0. The highest BCUT2D eigenvalue weighted by Crippen LogP contribution is 2.42. The van der Waals surface area contributed by atoms with Gasteiger partial charge in [0.15, 0.2) is 5.13 Å². The Morgan fingerprint density at radius 2 is 2.33 bits per heavy atom. The number of rotatable bonds is 5. The number of hydrogen-bond donors (Lipinski definition) is 3. The van der Waals surface area contributed by atoms with Crippen LogP contribution in [0.25, 0.3) is 0 Å². The minimum Gasteiger partial charge on any atom is -0.382 e. The van der Waals surface area contributed by atoms with Crippen LogP contribution in [0.3, 0.4) is 0 Å². The summed E-state index contributed by atoms with van der Waals surface area (Å²) < 4.78 is 0.237. The van der Waals surface area contributed by atoms with Crippen molar-refractivity contribution in [3.05, 3.63) is 4.88 Å². The van der Waals surface area contributed by atoms with E-state index in [9.17, 15) is 4.79 Å². The molecule has 0 radical (unpaired) electrons. The zero-order valence-corrected chi connectivity index (χ0v) is 12.2. The first-order valence-corrected chi connectivity index (χ1v) is 7.92. The van der Waals surface area contributed by atoms with Crippen molar-refractivity contribution in [2.24, 2.45) is 0 Å². The van der Waals surface area contributed by atoms with Crippen LogP contribution >= 0.6 is 23.1 Å². The number of hydrogen-bond acceptors (Lipinski definition) is 6. The number of carbonyl (C=O) groups excluding carboxylic acids is 1. The van der Waals surface area contributed by atoms with Crippen LogP contribution in [0.2, 0.25) is 0 Å². The fourth-order valence-electron chi connectivity index (χ4n) is 1.95. The van der Waals surface area contributed by atoms with Crippen LogP contribution in [0.5, 0.6) is 0 Å². The number of nitrogens with one attached hydrogen (secondary N) is 2. The second-order valence-corrected chi connectivity index (χ2v) is 6.68.